The molecule has 0 amide bonds. The van der Waals surface area contributed by atoms with Gasteiger partial charge in [0.05, 0.1) is 5.56 Å². The Balaban J connectivity index is 2.70. The maximum atomic E-state index is 10.9. The molecule has 0 aliphatic heterocycles. The van der Waals surface area contributed by atoms with Crippen LogP contribution in [-0.2, 0) is 0 Å². The molecular weight excluding hydrogens is 240 g/mol. The minimum atomic E-state index is -2.39. The smallest absolute Gasteiger partial charge is 0.335 e. The van der Waals surface area contributed by atoms with Gasteiger partial charge in [0, 0.05) is 4.70 Å². The van der Waals surface area contributed by atoms with Crippen molar-refractivity contribution in [2.75, 3.05) is 0 Å². The number of rotatable bonds is 2. The van der Waals surface area contributed by atoms with E-state index in [1.165, 1.54) is 0 Å². The van der Waals surface area contributed by atoms with E-state index in [-0.39, 0.29) is 5.56 Å². The van der Waals surface area contributed by atoms with Crippen molar-refractivity contribution in [3.8, 4) is 0 Å². The summed E-state index contributed by atoms with van der Waals surface area (Å²) in [5, 5.41) is 12.7. The van der Waals surface area contributed by atoms with Gasteiger partial charge in [0.25, 0.3) is 0 Å². The number of carbonyl (C=O) groups is 1. The maximum absolute atomic E-state index is 10.9. The Hall–Kier alpha value is -1.17. The van der Waals surface area contributed by atoms with E-state index in [1.807, 2.05) is 18.5 Å². The number of hydrogen-bond donors (Lipinski definition) is 2. The van der Waals surface area contributed by atoms with Crippen molar-refractivity contribution in [3.63, 3.8) is 0 Å². The Morgan fingerprint density at radius 3 is 2.62 bits per heavy atom. The SMILES string of the molecule is C[Si](C)(O)c1csc2ccc(C(=O)O)cc12. The van der Waals surface area contributed by atoms with Crippen LogP contribution < -0.4 is 5.19 Å². The van der Waals surface area contributed by atoms with Gasteiger partial charge < -0.3 is 9.90 Å². The molecule has 5 heteroatoms. The molecule has 0 bridgehead atoms. The summed E-state index contributed by atoms with van der Waals surface area (Å²) in [6.07, 6.45) is 0. The van der Waals surface area contributed by atoms with Crippen molar-refractivity contribution in [2.45, 2.75) is 13.1 Å². The second-order valence-electron chi connectivity index (χ2n) is 4.22. The van der Waals surface area contributed by atoms with Crippen LogP contribution in [0, 0.1) is 0 Å². The van der Waals surface area contributed by atoms with Crippen LogP contribution in [0.1, 0.15) is 10.4 Å². The molecule has 16 heavy (non-hydrogen) atoms. The highest BCUT2D eigenvalue weighted by atomic mass is 32.1. The summed E-state index contributed by atoms with van der Waals surface area (Å²) >= 11 is 1.54. The average molecular weight is 252 g/mol. The third-order valence-electron chi connectivity index (χ3n) is 2.48. The van der Waals surface area contributed by atoms with E-state index in [2.05, 4.69) is 0 Å². The number of thiophene rings is 1. The standard InChI is InChI=1S/C11H12O3SSi/c1-16(2,14)10-6-15-9-4-3-7(11(12)13)5-8(9)10/h3-6,14H,1-2H3,(H,12,13). The lowest BCUT2D eigenvalue weighted by atomic mass is 10.2. The van der Waals surface area contributed by atoms with Gasteiger partial charge >= 0.3 is 5.97 Å². The minimum absolute atomic E-state index is 0.269. The molecule has 0 radical (unpaired) electrons. The Morgan fingerprint density at radius 1 is 1.38 bits per heavy atom. The van der Waals surface area contributed by atoms with E-state index in [9.17, 15) is 9.59 Å². The number of benzene rings is 1. The molecule has 0 spiro atoms. The van der Waals surface area contributed by atoms with Crippen molar-refractivity contribution >= 4 is 40.9 Å². The van der Waals surface area contributed by atoms with Gasteiger partial charge in [-0.2, -0.15) is 0 Å². The zero-order valence-electron chi connectivity index (χ0n) is 9.02. The van der Waals surface area contributed by atoms with Crippen LogP contribution in [-0.4, -0.2) is 24.2 Å². The summed E-state index contributed by atoms with van der Waals surface area (Å²) in [6, 6.07) is 5.04. The molecule has 3 nitrogen and oxygen atoms in total. The van der Waals surface area contributed by atoms with Gasteiger partial charge in [-0.05, 0) is 47.2 Å². The predicted octanol–water partition coefficient (Wildman–Crippen LogP) is 2.00. The third-order valence-corrected chi connectivity index (χ3v) is 5.38. The predicted molar refractivity (Wildman–Crippen MR) is 68.1 cm³/mol. The molecule has 0 saturated carbocycles. The quantitative estimate of drug-likeness (QED) is 0.804. The van der Waals surface area contributed by atoms with Crippen LogP contribution in [0.4, 0.5) is 0 Å². The highest BCUT2D eigenvalue weighted by Crippen LogP contribution is 2.22. The summed E-state index contributed by atoms with van der Waals surface area (Å²) < 4.78 is 1.02. The van der Waals surface area contributed by atoms with Gasteiger partial charge in [0.1, 0.15) is 0 Å². The van der Waals surface area contributed by atoms with Gasteiger partial charge in [-0.3, -0.25) is 0 Å². The Labute approximate surface area is 98.1 Å². The zero-order valence-corrected chi connectivity index (χ0v) is 10.8. The number of carboxylic acids is 1. The molecule has 0 atom stereocenters. The van der Waals surface area contributed by atoms with Crippen LogP contribution in [0.2, 0.25) is 13.1 Å². The summed E-state index contributed by atoms with van der Waals surface area (Å²) in [7, 11) is -2.39. The first-order chi connectivity index (χ1) is 7.39. The average Bonchev–Trinajstić information content (AvgIpc) is 2.58. The molecule has 1 heterocycles. The maximum Gasteiger partial charge on any atom is 0.335 e. The fourth-order valence-corrected chi connectivity index (χ4v) is 4.74. The summed E-state index contributed by atoms with van der Waals surface area (Å²) in [5.41, 5.74) is 0.269. The molecule has 2 rings (SSSR count). The van der Waals surface area contributed by atoms with Gasteiger partial charge in [-0.15, -0.1) is 11.3 Å². The molecule has 2 N–H and O–H groups in total. The molecule has 0 saturated heterocycles. The molecule has 2 aromatic rings. The summed E-state index contributed by atoms with van der Waals surface area (Å²) in [5.74, 6) is -0.934. The van der Waals surface area contributed by atoms with Crippen LogP contribution in [0.25, 0.3) is 10.1 Å². The third kappa shape index (κ3) is 1.89. The monoisotopic (exact) mass is 252 g/mol. The van der Waals surface area contributed by atoms with Crippen molar-refractivity contribution in [2.24, 2.45) is 0 Å². The lowest BCUT2D eigenvalue weighted by Gasteiger charge is -2.12. The van der Waals surface area contributed by atoms with Crippen LogP contribution in [0.3, 0.4) is 0 Å². The minimum Gasteiger partial charge on any atom is -0.478 e. The highest BCUT2D eigenvalue weighted by Gasteiger charge is 2.24. The van der Waals surface area contributed by atoms with Crippen molar-refractivity contribution in [1.29, 1.82) is 0 Å². The normalized spacial score (nSPS) is 11.9. The molecule has 0 fully saturated rings. The van der Waals surface area contributed by atoms with E-state index in [0.717, 1.165) is 15.3 Å². The van der Waals surface area contributed by atoms with E-state index in [1.54, 1.807) is 29.5 Å². The molecule has 1 aromatic heterocycles. The first kappa shape index (κ1) is 11.3. The first-order valence-electron chi connectivity index (χ1n) is 4.87. The molecule has 1 aromatic carbocycles. The lowest BCUT2D eigenvalue weighted by molar-refractivity contribution is 0.0697. The summed E-state index contributed by atoms with van der Waals surface area (Å²) in [4.78, 5) is 21.0. The van der Waals surface area contributed by atoms with E-state index in [0.29, 0.717) is 0 Å². The molecule has 0 unspecified atom stereocenters. The number of aromatic carboxylic acids is 1. The van der Waals surface area contributed by atoms with Crippen LogP contribution in [0.15, 0.2) is 23.6 Å². The van der Waals surface area contributed by atoms with Crippen molar-refractivity contribution in [1.82, 2.24) is 0 Å². The van der Waals surface area contributed by atoms with Gasteiger partial charge in [-0.1, -0.05) is 0 Å². The molecule has 0 aliphatic rings. The van der Waals surface area contributed by atoms with Crippen molar-refractivity contribution < 1.29 is 14.7 Å². The zero-order chi connectivity index (χ0) is 11.9. The molecule has 0 aliphatic carbocycles. The second kappa shape index (κ2) is 3.69. The lowest BCUT2D eigenvalue weighted by Crippen LogP contribution is -2.40. The van der Waals surface area contributed by atoms with Gasteiger partial charge in [0.15, 0.2) is 0 Å². The fourth-order valence-electron chi connectivity index (χ4n) is 1.64. The molecule has 84 valence electrons. The largest absolute Gasteiger partial charge is 0.478 e. The van der Waals surface area contributed by atoms with Gasteiger partial charge in [-0.25, -0.2) is 4.79 Å². The highest BCUT2D eigenvalue weighted by molar-refractivity contribution is 7.19. The summed E-state index contributed by atoms with van der Waals surface area (Å²) in [6.45, 7) is 3.67. The number of carboxylic acid groups (broad SMARTS) is 1. The van der Waals surface area contributed by atoms with Crippen LogP contribution in [0.5, 0.6) is 0 Å². The number of hydrogen-bond acceptors (Lipinski definition) is 3. The van der Waals surface area contributed by atoms with E-state index in [4.69, 9.17) is 5.11 Å². The van der Waals surface area contributed by atoms with E-state index < -0.39 is 14.3 Å². The molecular formula is C11H12O3SSi. The topological polar surface area (TPSA) is 57.5 Å². The second-order valence-corrected chi connectivity index (χ2v) is 8.79. The van der Waals surface area contributed by atoms with E-state index >= 15 is 0 Å². The van der Waals surface area contributed by atoms with Crippen molar-refractivity contribution in [3.05, 3.63) is 29.1 Å². The fraction of sp³-hybridized carbons (Fsp3) is 0.182. The Morgan fingerprint density at radius 2 is 2.06 bits per heavy atom. The Kier molecular flexibility index (Phi) is 2.61. The first-order valence-corrected chi connectivity index (χ1v) is 8.69. The number of fused-ring (bicyclic) bond motifs is 1. The Bertz CT molecular complexity index is 554. The van der Waals surface area contributed by atoms with Crippen LogP contribution >= 0.6 is 11.3 Å². The van der Waals surface area contributed by atoms with Gasteiger partial charge in [0.2, 0.25) is 8.32 Å².